The van der Waals surface area contributed by atoms with Gasteiger partial charge in [0.25, 0.3) is 0 Å². The molecule has 0 radical (unpaired) electrons. The lowest BCUT2D eigenvalue weighted by molar-refractivity contribution is -0.117. The normalized spacial score (nSPS) is 12.5. The molecular formula is C14H22N2O. The molecule has 1 atom stereocenters. The number of hydrogen-bond acceptors (Lipinski definition) is 2. The van der Waals surface area contributed by atoms with Gasteiger partial charge in [-0.2, -0.15) is 0 Å². The van der Waals surface area contributed by atoms with Crippen LogP contribution in [-0.4, -0.2) is 11.9 Å². The van der Waals surface area contributed by atoms with Gasteiger partial charge in [-0.05, 0) is 24.0 Å². The van der Waals surface area contributed by atoms with E-state index in [9.17, 15) is 4.79 Å². The standard InChI is InChI=1S/C14H22N2O/c1-4-12(10(2)3)16-13-8-6-5-7-11(13)9-14(15)17/h5-8,10,12,16H,4,9H2,1-3H3,(H2,15,17). The van der Waals surface area contributed by atoms with Crippen LogP contribution in [0.15, 0.2) is 24.3 Å². The summed E-state index contributed by atoms with van der Waals surface area (Å²) in [6, 6.07) is 8.27. The van der Waals surface area contributed by atoms with Gasteiger partial charge in [0, 0.05) is 11.7 Å². The Bertz CT molecular complexity index is 374. The molecule has 0 fully saturated rings. The summed E-state index contributed by atoms with van der Waals surface area (Å²) in [5.74, 6) is 0.262. The molecule has 3 N–H and O–H groups in total. The van der Waals surface area contributed by atoms with Crippen molar-refractivity contribution in [1.29, 1.82) is 0 Å². The molecular weight excluding hydrogens is 212 g/mol. The Balaban J connectivity index is 2.85. The van der Waals surface area contributed by atoms with Crippen molar-refractivity contribution < 1.29 is 4.79 Å². The fraction of sp³-hybridized carbons (Fsp3) is 0.500. The number of nitrogens with two attached hydrogens (primary N) is 1. The predicted octanol–water partition coefficient (Wildman–Crippen LogP) is 2.56. The second-order valence-corrected chi connectivity index (χ2v) is 4.70. The molecule has 1 aromatic rings. The van der Waals surface area contributed by atoms with Crippen LogP contribution in [0.1, 0.15) is 32.8 Å². The zero-order chi connectivity index (χ0) is 12.8. The molecule has 0 aromatic heterocycles. The first-order valence-electron chi connectivity index (χ1n) is 6.17. The zero-order valence-corrected chi connectivity index (χ0v) is 10.9. The number of anilines is 1. The topological polar surface area (TPSA) is 55.1 Å². The first-order valence-corrected chi connectivity index (χ1v) is 6.17. The number of carbonyl (C=O) groups is 1. The summed E-state index contributed by atoms with van der Waals surface area (Å²) in [5.41, 5.74) is 7.24. The Morgan fingerprint density at radius 2 is 2.00 bits per heavy atom. The molecule has 1 aromatic carbocycles. The summed E-state index contributed by atoms with van der Waals surface area (Å²) in [6.07, 6.45) is 1.35. The van der Waals surface area contributed by atoms with Crippen molar-refractivity contribution in [3.63, 3.8) is 0 Å². The number of primary amides is 1. The van der Waals surface area contributed by atoms with Crippen LogP contribution in [-0.2, 0) is 11.2 Å². The molecule has 0 aliphatic heterocycles. The van der Waals surface area contributed by atoms with Crippen molar-refractivity contribution in [1.82, 2.24) is 0 Å². The Morgan fingerprint density at radius 3 is 2.53 bits per heavy atom. The van der Waals surface area contributed by atoms with E-state index in [1.807, 2.05) is 24.3 Å². The molecule has 1 unspecified atom stereocenters. The number of amides is 1. The van der Waals surface area contributed by atoms with E-state index in [0.29, 0.717) is 12.0 Å². The lowest BCUT2D eigenvalue weighted by Crippen LogP contribution is -2.25. The first kappa shape index (κ1) is 13.6. The number of nitrogens with one attached hydrogen (secondary N) is 1. The second-order valence-electron chi connectivity index (χ2n) is 4.70. The Morgan fingerprint density at radius 1 is 1.35 bits per heavy atom. The van der Waals surface area contributed by atoms with E-state index in [-0.39, 0.29) is 12.3 Å². The quantitative estimate of drug-likeness (QED) is 0.794. The van der Waals surface area contributed by atoms with Gasteiger partial charge in [0.05, 0.1) is 6.42 Å². The number of para-hydroxylation sites is 1. The minimum Gasteiger partial charge on any atom is -0.382 e. The monoisotopic (exact) mass is 234 g/mol. The van der Waals surface area contributed by atoms with Crippen molar-refractivity contribution in [3.8, 4) is 0 Å². The van der Waals surface area contributed by atoms with Gasteiger partial charge in [0.2, 0.25) is 5.91 Å². The van der Waals surface area contributed by atoms with E-state index >= 15 is 0 Å². The average Bonchev–Trinajstić information content (AvgIpc) is 2.26. The van der Waals surface area contributed by atoms with Crippen molar-refractivity contribution in [3.05, 3.63) is 29.8 Å². The fourth-order valence-electron chi connectivity index (χ4n) is 1.94. The summed E-state index contributed by atoms with van der Waals surface area (Å²) < 4.78 is 0. The summed E-state index contributed by atoms with van der Waals surface area (Å²) in [4.78, 5) is 11.0. The summed E-state index contributed by atoms with van der Waals surface area (Å²) in [6.45, 7) is 6.55. The minimum absolute atomic E-state index is 0.289. The van der Waals surface area contributed by atoms with Gasteiger partial charge in [-0.15, -0.1) is 0 Å². The molecule has 0 saturated carbocycles. The van der Waals surface area contributed by atoms with Crippen molar-refractivity contribution in [2.75, 3.05) is 5.32 Å². The third-order valence-corrected chi connectivity index (χ3v) is 2.97. The van der Waals surface area contributed by atoms with Gasteiger partial charge in [0.15, 0.2) is 0 Å². The number of hydrogen-bond donors (Lipinski definition) is 2. The number of benzene rings is 1. The number of rotatable bonds is 6. The molecule has 17 heavy (non-hydrogen) atoms. The van der Waals surface area contributed by atoms with Crippen LogP contribution in [0.25, 0.3) is 0 Å². The van der Waals surface area contributed by atoms with E-state index in [1.54, 1.807) is 0 Å². The molecule has 0 heterocycles. The van der Waals surface area contributed by atoms with E-state index in [2.05, 4.69) is 26.1 Å². The minimum atomic E-state index is -0.295. The van der Waals surface area contributed by atoms with E-state index in [4.69, 9.17) is 5.73 Å². The maximum atomic E-state index is 11.0. The highest BCUT2D eigenvalue weighted by molar-refractivity contribution is 5.78. The highest BCUT2D eigenvalue weighted by Gasteiger charge is 2.12. The van der Waals surface area contributed by atoms with Crippen molar-refractivity contribution in [2.45, 2.75) is 39.7 Å². The van der Waals surface area contributed by atoms with Crippen LogP contribution in [0.5, 0.6) is 0 Å². The lowest BCUT2D eigenvalue weighted by Gasteiger charge is -2.23. The predicted molar refractivity (Wildman–Crippen MR) is 71.9 cm³/mol. The lowest BCUT2D eigenvalue weighted by atomic mass is 10.0. The van der Waals surface area contributed by atoms with Crippen LogP contribution in [0.4, 0.5) is 5.69 Å². The molecule has 94 valence electrons. The van der Waals surface area contributed by atoms with Gasteiger partial charge < -0.3 is 11.1 Å². The van der Waals surface area contributed by atoms with Crippen molar-refractivity contribution >= 4 is 11.6 Å². The zero-order valence-electron chi connectivity index (χ0n) is 10.9. The Labute approximate surface area is 103 Å². The smallest absolute Gasteiger partial charge is 0.221 e. The van der Waals surface area contributed by atoms with Gasteiger partial charge in [-0.25, -0.2) is 0 Å². The molecule has 0 spiro atoms. The van der Waals surface area contributed by atoms with E-state index < -0.39 is 0 Å². The molecule has 3 heteroatoms. The van der Waals surface area contributed by atoms with E-state index in [1.165, 1.54) is 0 Å². The molecule has 1 rings (SSSR count). The summed E-state index contributed by atoms with van der Waals surface area (Å²) in [7, 11) is 0. The molecule has 0 aliphatic carbocycles. The Hall–Kier alpha value is -1.51. The maximum absolute atomic E-state index is 11.0. The SMILES string of the molecule is CCC(Nc1ccccc1CC(N)=O)C(C)C. The molecule has 0 saturated heterocycles. The van der Waals surface area contributed by atoms with Gasteiger partial charge in [-0.1, -0.05) is 39.0 Å². The highest BCUT2D eigenvalue weighted by atomic mass is 16.1. The van der Waals surface area contributed by atoms with Crippen molar-refractivity contribution in [2.24, 2.45) is 11.7 Å². The maximum Gasteiger partial charge on any atom is 0.221 e. The van der Waals surface area contributed by atoms with Crippen LogP contribution in [0.3, 0.4) is 0 Å². The van der Waals surface area contributed by atoms with Crippen LogP contribution in [0.2, 0.25) is 0 Å². The molecule has 0 aliphatic rings. The third kappa shape index (κ3) is 4.10. The largest absolute Gasteiger partial charge is 0.382 e. The summed E-state index contributed by atoms with van der Waals surface area (Å²) >= 11 is 0. The Kier molecular flexibility index (Phi) is 5.01. The van der Waals surface area contributed by atoms with Gasteiger partial charge in [-0.3, -0.25) is 4.79 Å². The van der Waals surface area contributed by atoms with Gasteiger partial charge in [0.1, 0.15) is 0 Å². The summed E-state index contributed by atoms with van der Waals surface area (Å²) in [5, 5.41) is 3.49. The third-order valence-electron chi connectivity index (χ3n) is 2.97. The second kappa shape index (κ2) is 6.28. The fourth-order valence-corrected chi connectivity index (χ4v) is 1.94. The van der Waals surface area contributed by atoms with Crippen LogP contribution >= 0.6 is 0 Å². The van der Waals surface area contributed by atoms with Gasteiger partial charge >= 0.3 is 0 Å². The number of carbonyl (C=O) groups excluding carboxylic acids is 1. The van der Waals surface area contributed by atoms with Crippen LogP contribution in [0, 0.1) is 5.92 Å². The van der Waals surface area contributed by atoms with E-state index in [0.717, 1.165) is 17.7 Å². The molecule has 3 nitrogen and oxygen atoms in total. The highest BCUT2D eigenvalue weighted by Crippen LogP contribution is 2.20. The first-order chi connectivity index (χ1) is 8.04. The molecule has 0 bridgehead atoms. The molecule has 1 amide bonds. The van der Waals surface area contributed by atoms with Crippen LogP contribution < -0.4 is 11.1 Å². The average molecular weight is 234 g/mol.